The maximum atomic E-state index is 2.53. The molecule has 0 fully saturated rings. The second-order valence-corrected chi connectivity index (χ2v) is 16.4. The maximum Gasteiger partial charge on any atom is 0.108 e. The van der Waals surface area contributed by atoms with Crippen LogP contribution in [-0.4, -0.2) is 8.07 Å². The topological polar surface area (TPSA) is 0 Å². The molecule has 0 atom stereocenters. The molecule has 3 aromatic rings. The molecule has 0 unspecified atom stereocenters. The smallest absolute Gasteiger partial charge is 0.108 e. The fourth-order valence-corrected chi connectivity index (χ4v) is 11.4. The molecule has 0 amide bonds. The first-order valence-electron chi connectivity index (χ1n) is 12.2. The Morgan fingerprint density at radius 2 is 1.56 bits per heavy atom. The molecule has 4 heteroatoms. The van der Waals surface area contributed by atoms with Crippen LogP contribution in [0.3, 0.4) is 0 Å². The van der Waals surface area contributed by atoms with Gasteiger partial charge in [-0.25, -0.2) is 0 Å². The molecule has 0 saturated heterocycles. The van der Waals surface area contributed by atoms with E-state index in [0.29, 0.717) is 0 Å². The van der Waals surface area contributed by atoms with E-state index in [4.69, 9.17) is 0 Å². The summed E-state index contributed by atoms with van der Waals surface area (Å²) in [5.41, 5.74) is 6.53. The van der Waals surface area contributed by atoms with Gasteiger partial charge in [0.15, 0.2) is 0 Å². The van der Waals surface area contributed by atoms with E-state index in [1.807, 2.05) is 5.19 Å². The molecule has 1 heterocycles. The third kappa shape index (κ3) is 4.19. The molecule has 1 aliphatic carbocycles. The number of hydrogen-bond acceptors (Lipinski definition) is 0. The van der Waals surface area contributed by atoms with Gasteiger partial charge in [-0.3, -0.25) is 0 Å². The molecule has 2 aliphatic rings. The fourth-order valence-electron chi connectivity index (χ4n) is 6.24. The number of rotatable bonds is 3. The van der Waals surface area contributed by atoms with Gasteiger partial charge in [0.05, 0.1) is 0 Å². The summed E-state index contributed by atoms with van der Waals surface area (Å²) in [5, 5.41) is 9.67. The van der Waals surface area contributed by atoms with Gasteiger partial charge in [-0.1, -0.05) is 130 Å². The third-order valence-electron chi connectivity index (χ3n) is 7.97. The first-order chi connectivity index (χ1) is 14.5. The Kier molecular flexibility index (Phi) is 8.49. The van der Waals surface area contributed by atoms with E-state index >= 15 is 0 Å². The van der Waals surface area contributed by atoms with Gasteiger partial charge in [-0.15, -0.1) is 33.7 Å². The molecule has 182 valence electrons. The minimum Gasteiger partial charge on any atom is -1.00 e. The molecule has 1 aliphatic heterocycles. The minimum atomic E-state index is -1.52. The van der Waals surface area contributed by atoms with Crippen LogP contribution in [0.15, 0.2) is 42.5 Å². The van der Waals surface area contributed by atoms with E-state index in [2.05, 4.69) is 97.9 Å². The van der Waals surface area contributed by atoms with E-state index in [1.54, 1.807) is 21.7 Å². The van der Waals surface area contributed by atoms with E-state index in [-0.39, 0.29) is 61.5 Å². The van der Waals surface area contributed by atoms with Crippen molar-refractivity contribution < 1.29 is 50.7 Å². The van der Waals surface area contributed by atoms with Gasteiger partial charge >= 0.3 is 0 Å². The zero-order valence-electron chi connectivity index (χ0n) is 21.9. The van der Waals surface area contributed by atoms with Crippen molar-refractivity contribution >= 4 is 45.6 Å². The van der Waals surface area contributed by atoms with Crippen molar-refractivity contribution in [2.45, 2.75) is 84.7 Å². The Bertz CT molecular complexity index is 1290. The fraction of sp³-hybridized carbons (Fsp3) is 0.433. The Hall–Kier alpha value is -0.543. The number of allylic oxidation sites excluding steroid dienone is 4. The van der Waals surface area contributed by atoms with Crippen LogP contribution in [0.25, 0.3) is 27.1 Å². The number of benzene rings is 2. The van der Waals surface area contributed by atoms with Crippen LogP contribution in [0.5, 0.6) is 0 Å². The maximum absolute atomic E-state index is 2.53. The van der Waals surface area contributed by atoms with Crippen LogP contribution in [-0.2, 0) is 36.7 Å². The van der Waals surface area contributed by atoms with Crippen LogP contribution >= 0.6 is 0 Å². The molecular weight excluding hydrogens is 638 g/mol. The van der Waals surface area contributed by atoms with Crippen LogP contribution in [0, 0.1) is 0 Å². The van der Waals surface area contributed by atoms with Crippen LogP contribution in [0.2, 0.25) is 12.1 Å². The molecule has 0 saturated carbocycles. The molecule has 34 heavy (non-hydrogen) atoms. The van der Waals surface area contributed by atoms with Crippen molar-refractivity contribution in [3.63, 3.8) is 0 Å². The van der Waals surface area contributed by atoms with Gasteiger partial charge < -0.3 is 24.8 Å². The van der Waals surface area contributed by atoms with Gasteiger partial charge in [-0.05, 0) is 17.3 Å². The predicted molar refractivity (Wildman–Crippen MR) is 142 cm³/mol. The van der Waals surface area contributed by atoms with Gasteiger partial charge in [0.1, 0.15) is 8.07 Å². The first kappa shape index (κ1) is 29.7. The average Bonchev–Trinajstić information content (AvgIpc) is 3.04. The zero-order chi connectivity index (χ0) is 22.3. The SMILES string of the molecule is CC[Si]1(CC)c2c(C(C)(C)C)c(C3=CC=CC3)c3[cH-]c4cc(C(C)(C)C)ccc4c3c21.[Cl-].[Cl-].[Hf]. The Balaban J connectivity index is 0.00000136. The van der Waals surface area contributed by atoms with Gasteiger partial charge in [-0.2, -0.15) is 0 Å². The van der Waals surface area contributed by atoms with Gasteiger partial charge in [0, 0.05) is 25.8 Å². The molecule has 5 rings (SSSR count). The molecule has 0 N–H and O–H groups in total. The number of halogens is 2. The standard InChI is InChI=1S/C30H37Si.2ClH.Hf/c1-9-31(10-2)27-25-22-16-15-21(29(3,4)5)17-20(22)18-23(25)24(19-13-11-12-14-19)26(28(27)31)30(6,7)8;;;/h11-13,15-18H,9-10,14H2,1-8H3;2*1H;/q-1;;;/p-2. The number of hydrogen-bond donors (Lipinski definition) is 0. The molecular formula is C30H37Cl2HfSi-3. The minimum absolute atomic E-state index is 0. The normalized spacial score (nSPS) is 15.9. The summed E-state index contributed by atoms with van der Waals surface area (Å²) in [6, 6.07) is 12.5. The average molecular weight is 675 g/mol. The molecule has 0 aromatic heterocycles. The van der Waals surface area contributed by atoms with E-state index in [9.17, 15) is 0 Å². The Morgan fingerprint density at radius 1 is 0.912 bits per heavy atom. The van der Waals surface area contributed by atoms with Gasteiger partial charge in [0.2, 0.25) is 0 Å². The van der Waals surface area contributed by atoms with Crippen molar-refractivity contribution in [1.29, 1.82) is 0 Å². The van der Waals surface area contributed by atoms with Crippen LogP contribution in [0.1, 0.15) is 78.5 Å². The second kappa shape index (κ2) is 9.73. The molecule has 0 nitrogen and oxygen atoms in total. The molecule has 0 radical (unpaired) electrons. The summed E-state index contributed by atoms with van der Waals surface area (Å²) in [4.78, 5) is 0. The number of fused-ring (bicyclic) bond motifs is 5. The molecule has 0 spiro atoms. The third-order valence-corrected chi connectivity index (χ3v) is 13.0. The van der Waals surface area contributed by atoms with Crippen molar-refractivity contribution in [2.24, 2.45) is 0 Å². The second-order valence-electron chi connectivity index (χ2n) is 11.8. The van der Waals surface area contributed by atoms with Crippen molar-refractivity contribution in [1.82, 2.24) is 0 Å². The van der Waals surface area contributed by atoms with Gasteiger partial charge in [0.25, 0.3) is 0 Å². The van der Waals surface area contributed by atoms with E-state index in [0.717, 1.165) is 6.42 Å². The summed E-state index contributed by atoms with van der Waals surface area (Å²) in [5.74, 6) is 0. The summed E-state index contributed by atoms with van der Waals surface area (Å²) >= 11 is 0. The zero-order valence-corrected chi connectivity index (χ0v) is 28.0. The molecule has 3 aromatic carbocycles. The summed E-state index contributed by atoms with van der Waals surface area (Å²) in [6.07, 6.45) is 8.02. The monoisotopic (exact) mass is 675 g/mol. The Labute approximate surface area is 238 Å². The summed E-state index contributed by atoms with van der Waals surface area (Å²) in [7, 11) is -1.52. The van der Waals surface area contributed by atoms with Crippen LogP contribution in [0.4, 0.5) is 0 Å². The van der Waals surface area contributed by atoms with Crippen molar-refractivity contribution in [2.75, 3.05) is 0 Å². The molecule has 0 bridgehead atoms. The predicted octanol–water partition coefficient (Wildman–Crippen LogP) is 1.57. The van der Waals surface area contributed by atoms with E-state index < -0.39 is 8.07 Å². The van der Waals surface area contributed by atoms with E-state index in [1.165, 1.54) is 39.4 Å². The quantitative estimate of drug-likeness (QED) is 0.293. The first-order valence-corrected chi connectivity index (χ1v) is 14.6. The van der Waals surface area contributed by atoms with Crippen molar-refractivity contribution in [3.05, 3.63) is 59.2 Å². The van der Waals surface area contributed by atoms with Crippen LogP contribution < -0.4 is 35.2 Å². The van der Waals surface area contributed by atoms with Crippen molar-refractivity contribution in [3.8, 4) is 0 Å². The summed E-state index contributed by atoms with van der Waals surface area (Å²) in [6.45, 7) is 19.2. The summed E-state index contributed by atoms with van der Waals surface area (Å²) < 4.78 is 0. The largest absolute Gasteiger partial charge is 1.00 e. The Morgan fingerprint density at radius 3 is 2.06 bits per heavy atom.